The number of fused-ring (bicyclic) bond motifs is 1. The molecule has 10 nitrogen and oxygen atoms in total. The second-order valence-electron chi connectivity index (χ2n) is 7.58. The van der Waals surface area contributed by atoms with Crippen LogP contribution in [0, 0.1) is 12.8 Å². The minimum Gasteiger partial charge on any atom is -0.492 e. The van der Waals surface area contributed by atoms with Crippen molar-refractivity contribution in [3.8, 4) is 5.88 Å². The van der Waals surface area contributed by atoms with Crippen LogP contribution in [0.5, 0.6) is 5.88 Å². The summed E-state index contributed by atoms with van der Waals surface area (Å²) < 4.78 is 29.0. The van der Waals surface area contributed by atoms with Gasteiger partial charge in [-0.25, -0.2) is 8.42 Å². The first-order chi connectivity index (χ1) is 14.2. The SMILES string of the molecule is Cc1ccc2c(CC(=O)O)nn([C@H]3CN(S(=O)(=O)c4ccc(O)nn4)C[C@H]3C)c2c1. The van der Waals surface area contributed by atoms with E-state index in [1.165, 1.54) is 16.4 Å². The molecule has 0 aliphatic carbocycles. The van der Waals surface area contributed by atoms with Crippen molar-refractivity contribution in [2.24, 2.45) is 5.92 Å². The van der Waals surface area contributed by atoms with Crippen LogP contribution < -0.4 is 0 Å². The second kappa shape index (κ2) is 7.33. The Bertz CT molecular complexity index is 1220. The molecule has 0 saturated carbocycles. The summed E-state index contributed by atoms with van der Waals surface area (Å²) in [6.07, 6.45) is -0.210. The fourth-order valence-electron chi connectivity index (χ4n) is 3.84. The lowest BCUT2D eigenvalue weighted by molar-refractivity contribution is -0.136. The number of hydrogen-bond acceptors (Lipinski definition) is 7. The molecule has 3 aromatic rings. The van der Waals surface area contributed by atoms with Gasteiger partial charge >= 0.3 is 5.97 Å². The molecule has 1 aliphatic rings. The lowest BCUT2D eigenvalue weighted by Gasteiger charge is -2.17. The maximum Gasteiger partial charge on any atom is 0.309 e. The molecule has 0 bridgehead atoms. The van der Waals surface area contributed by atoms with Gasteiger partial charge in [-0.15, -0.1) is 10.2 Å². The molecule has 0 amide bonds. The first-order valence-corrected chi connectivity index (χ1v) is 10.8. The van der Waals surface area contributed by atoms with Crippen molar-refractivity contribution < 1.29 is 23.4 Å². The van der Waals surface area contributed by atoms with Gasteiger partial charge in [0.05, 0.1) is 23.7 Å². The topological polar surface area (TPSA) is 139 Å². The van der Waals surface area contributed by atoms with Crippen LogP contribution in [0.4, 0.5) is 0 Å². The number of benzene rings is 1. The van der Waals surface area contributed by atoms with Gasteiger partial charge in [0, 0.05) is 24.5 Å². The molecule has 158 valence electrons. The molecule has 2 aromatic heterocycles. The smallest absolute Gasteiger partial charge is 0.309 e. The molecule has 2 N–H and O–H groups in total. The second-order valence-corrected chi connectivity index (χ2v) is 9.46. The summed E-state index contributed by atoms with van der Waals surface area (Å²) in [5, 5.41) is 30.6. The van der Waals surface area contributed by atoms with Crippen molar-refractivity contribution in [1.82, 2.24) is 24.3 Å². The first-order valence-electron chi connectivity index (χ1n) is 9.39. The number of aliphatic carboxylic acids is 1. The average molecular weight is 431 g/mol. The van der Waals surface area contributed by atoms with Crippen LogP contribution >= 0.6 is 0 Å². The van der Waals surface area contributed by atoms with Gasteiger partial charge in [-0.1, -0.05) is 19.1 Å². The summed E-state index contributed by atoms with van der Waals surface area (Å²) in [5.74, 6) is -1.39. The van der Waals surface area contributed by atoms with E-state index in [4.69, 9.17) is 0 Å². The molecule has 2 atom stereocenters. The van der Waals surface area contributed by atoms with Crippen LogP contribution in [0.2, 0.25) is 0 Å². The highest BCUT2D eigenvalue weighted by atomic mass is 32.2. The molecular formula is C19H21N5O5S. The van der Waals surface area contributed by atoms with Crippen molar-refractivity contribution in [2.45, 2.75) is 31.3 Å². The van der Waals surface area contributed by atoms with E-state index in [2.05, 4.69) is 15.3 Å². The van der Waals surface area contributed by atoms with Gasteiger partial charge in [-0.05, 0) is 30.5 Å². The summed E-state index contributed by atoms with van der Waals surface area (Å²) in [5.41, 5.74) is 2.24. The number of carboxylic acid groups (broad SMARTS) is 1. The van der Waals surface area contributed by atoms with Gasteiger partial charge < -0.3 is 10.2 Å². The van der Waals surface area contributed by atoms with E-state index >= 15 is 0 Å². The monoisotopic (exact) mass is 431 g/mol. The van der Waals surface area contributed by atoms with Crippen LogP contribution in [0.15, 0.2) is 35.4 Å². The van der Waals surface area contributed by atoms with Crippen molar-refractivity contribution >= 4 is 26.9 Å². The molecule has 0 unspecified atom stereocenters. The van der Waals surface area contributed by atoms with Gasteiger partial charge in [-0.2, -0.15) is 9.40 Å². The van der Waals surface area contributed by atoms with E-state index in [0.29, 0.717) is 5.69 Å². The predicted molar refractivity (Wildman–Crippen MR) is 106 cm³/mol. The zero-order chi connectivity index (χ0) is 21.6. The maximum absolute atomic E-state index is 13.0. The molecule has 1 fully saturated rings. The highest BCUT2D eigenvalue weighted by Gasteiger charge is 2.40. The van der Waals surface area contributed by atoms with Gasteiger partial charge in [-0.3, -0.25) is 9.48 Å². The van der Waals surface area contributed by atoms with Crippen LogP contribution in [0.3, 0.4) is 0 Å². The van der Waals surface area contributed by atoms with E-state index in [0.717, 1.165) is 16.5 Å². The fourth-order valence-corrected chi connectivity index (χ4v) is 5.27. The number of aromatic hydroxyl groups is 1. The Morgan fingerprint density at radius 3 is 2.63 bits per heavy atom. The molecule has 4 rings (SSSR count). The van der Waals surface area contributed by atoms with Gasteiger partial charge in [0.25, 0.3) is 10.0 Å². The molecule has 1 aromatic carbocycles. The minimum atomic E-state index is -3.89. The zero-order valence-corrected chi connectivity index (χ0v) is 17.2. The number of carboxylic acids is 1. The van der Waals surface area contributed by atoms with Crippen LogP contribution in [-0.2, 0) is 21.2 Å². The number of rotatable bonds is 5. The molecule has 1 saturated heterocycles. The van der Waals surface area contributed by atoms with Crippen LogP contribution in [0.1, 0.15) is 24.2 Å². The van der Waals surface area contributed by atoms with E-state index in [-0.39, 0.29) is 42.4 Å². The van der Waals surface area contributed by atoms with Crippen molar-refractivity contribution in [3.63, 3.8) is 0 Å². The molecule has 30 heavy (non-hydrogen) atoms. The van der Waals surface area contributed by atoms with Crippen molar-refractivity contribution in [3.05, 3.63) is 41.6 Å². The Morgan fingerprint density at radius 2 is 1.97 bits per heavy atom. The molecule has 0 spiro atoms. The lowest BCUT2D eigenvalue weighted by Crippen LogP contribution is -2.30. The Morgan fingerprint density at radius 1 is 1.20 bits per heavy atom. The number of sulfonamides is 1. The van der Waals surface area contributed by atoms with Crippen molar-refractivity contribution in [2.75, 3.05) is 13.1 Å². The molecule has 1 aliphatic heterocycles. The molecule has 11 heteroatoms. The quantitative estimate of drug-likeness (QED) is 0.617. The zero-order valence-electron chi connectivity index (χ0n) is 16.4. The Balaban J connectivity index is 1.72. The standard InChI is InChI=1S/C19H21N5O5S/c1-11-3-4-13-14(8-19(26)27)22-24(15(13)7-11)16-10-23(9-12(16)2)30(28,29)18-6-5-17(25)20-21-18/h3-7,12,16H,8-10H2,1-2H3,(H,20,25)(H,26,27)/t12-,16+/m1/s1. The summed E-state index contributed by atoms with van der Waals surface area (Å²) in [4.78, 5) is 11.3. The number of carbonyl (C=O) groups is 1. The Labute approximate surface area is 172 Å². The first kappa shape index (κ1) is 20.2. The van der Waals surface area contributed by atoms with E-state index < -0.39 is 16.0 Å². The predicted octanol–water partition coefficient (Wildman–Crippen LogP) is 1.35. The minimum absolute atomic E-state index is 0.0638. The summed E-state index contributed by atoms with van der Waals surface area (Å²) in [6, 6.07) is 7.82. The highest BCUT2D eigenvalue weighted by Crippen LogP contribution is 2.34. The van der Waals surface area contributed by atoms with Gasteiger partial charge in [0.15, 0.2) is 5.03 Å². The highest BCUT2D eigenvalue weighted by molar-refractivity contribution is 7.89. The molecular weight excluding hydrogens is 410 g/mol. The van der Waals surface area contributed by atoms with E-state index in [1.54, 1.807) is 4.68 Å². The summed E-state index contributed by atoms with van der Waals surface area (Å²) in [7, 11) is -3.89. The number of aromatic nitrogens is 4. The van der Waals surface area contributed by atoms with E-state index in [9.17, 15) is 23.4 Å². The third-order valence-corrected chi connectivity index (χ3v) is 7.07. The van der Waals surface area contributed by atoms with Gasteiger partial charge in [0.1, 0.15) is 0 Å². The lowest BCUT2D eigenvalue weighted by atomic mass is 10.1. The summed E-state index contributed by atoms with van der Waals surface area (Å²) >= 11 is 0. The number of hydrogen-bond donors (Lipinski definition) is 2. The third-order valence-electron chi connectivity index (χ3n) is 5.34. The normalized spacial score (nSPS) is 20.1. The van der Waals surface area contributed by atoms with Crippen LogP contribution in [0.25, 0.3) is 10.9 Å². The average Bonchev–Trinajstić information content (AvgIpc) is 3.22. The fraction of sp³-hybridized carbons (Fsp3) is 0.368. The van der Waals surface area contributed by atoms with Crippen LogP contribution in [-0.4, -0.2) is 62.0 Å². The largest absolute Gasteiger partial charge is 0.492 e. The Kier molecular flexibility index (Phi) is 4.94. The molecule has 0 radical (unpaired) electrons. The Hall–Kier alpha value is -3.05. The number of nitrogens with zero attached hydrogens (tertiary/aromatic N) is 5. The van der Waals surface area contributed by atoms with E-state index in [1.807, 2.05) is 32.0 Å². The van der Waals surface area contributed by atoms with Gasteiger partial charge in [0.2, 0.25) is 5.88 Å². The number of aryl methyl sites for hydroxylation is 1. The third kappa shape index (κ3) is 3.50. The van der Waals surface area contributed by atoms with Crippen molar-refractivity contribution in [1.29, 1.82) is 0 Å². The molecule has 3 heterocycles. The maximum atomic E-state index is 13.0. The summed E-state index contributed by atoms with van der Waals surface area (Å²) in [6.45, 7) is 4.30.